The predicted octanol–water partition coefficient (Wildman–Crippen LogP) is 4.73. The topological polar surface area (TPSA) is 64.5 Å². The van der Waals surface area contributed by atoms with Crippen LogP contribution in [0.25, 0.3) is 6.08 Å². The molecule has 0 atom stereocenters. The Labute approximate surface area is 176 Å². The number of rotatable bonds is 8. The van der Waals surface area contributed by atoms with E-state index in [0.717, 1.165) is 24.2 Å². The van der Waals surface area contributed by atoms with E-state index in [4.69, 9.17) is 26.1 Å². The number of esters is 1. The first-order valence-corrected chi connectivity index (χ1v) is 10.1. The first kappa shape index (κ1) is 21.1. The molecule has 1 aliphatic carbocycles. The van der Waals surface area contributed by atoms with Gasteiger partial charge in [0.2, 0.25) is 0 Å². The van der Waals surface area contributed by atoms with Crippen molar-refractivity contribution in [1.82, 2.24) is 9.97 Å². The van der Waals surface area contributed by atoms with E-state index in [2.05, 4.69) is 18.8 Å². The Balaban J connectivity index is 1.93. The molecule has 0 amide bonds. The molecule has 1 aromatic heterocycles. The van der Waals surface area contributed by atoms with Gasteiger partial charge in [-0.05, 0) is 32.8 Å². The zero-order valence-corrected chi connectivity index (χ0v) is 17.9. The van der Waals surface area contributed by atoms with Crippen LogP contribution in [0.15, 0.2) is 30.3 Å². The van der Waals surface area contributed by atoms with E-state index in [1.54, 1.807) is 7.11 Å². The highest BCUT2D eigenvalue weighted by Gasteiger charge is 2.31. The lowest BCUT2D eigenvalue weighted by Crippen LogP contribution is -2.33. The number of anilines is 1. The van der Waals surface area contributed by atoms with Crippen LogP contribution in [0.5, 0.6) is 5.75 Å². The third-order valence-corrected chi connectivity index (χ3v) is 5.15. The molecule has 1 heterocycles. The molecule has 0 N–H and O–H groups in total. The Morgan fingerprint density at radius 1 is 1.28 bits per heavy atom. The molecule has 1 fully saturated rings. The van der Waals surface area contributed by atoms with Crippen molar-refractivity contribution in [2.75, 3.05) is 25.7 Å². The van der Waals surface area contributed by atoms with Gasteiger partial charge in [0.05, 0.1) is 14.2 Å². The summed E-state index contributed by atoms with van der Waals surface area (Å²) in [5, 5.41) is 0.223. The second-order valence-corrected chi connectivity index (χ2v) is 7.60. The van der Waals surface area contributed by atoms with Crippen LogP contribution in [0.2, 0.25) is 5.02 Å². The normalized spacial score (nSPS) is 13.7. The summed E-state index contributed by atoms with van der Waals surface area (Å²) in [6.45, 7) is 4.69. The SMILES string of the molecule is COC(=O)c1nc(C2CC2)nc(N(CC=Cc2ccccc2OC)C(C)C)c1Cl. The second-order valence-electron chi connectivity index (χ2n) is 7.22. The summed E-state index contributed by atoms with van der Waals surface area (Å²) in [5.74, 6) is 1.76. The summed E-state index contributed by atoms with van der Waals surface area (Å²) >= 11 is 6.55. The van der Waals surface area contributed by atoms with Gasteiger partial charge in [-0.3, -0.25) is 0 Å². The number of benzene rings is 1. The van der Waals surface area contributed by atoms with Gasteiger partial charge in [-0.15, -0.1) is 0 Å². The molecule has 0 aliphatic heterocycles. The number of halogens is 1. The number of para-hydroxylation sites is 1. The maximum absolute atomic E-state index is 12.2. The summed E-state index contributed by atoms with van der Waals surface area (Å²) in [6, 6.07) is 7.93. The van der Waals surface area contributed by atoms with E-state index in [0.29, 0.717) is 18.2 Å². The fourth-order valence-electron chi connectivity index (χ4n) is 3.04. The Morgan fingerprint density at radius 2 is 2.00 bits per heavy atom. The largest absolute Gasteiger partial charge is 0.496 e. The number of hydrogen-bond donors (Lipinski definition) is 0. The van der Waals surface area contributed by atoms with Crippen LogP contribution in [0, 0.1) is 0 Å². The molecule has 0 unspecified atom stereocenters. The molecular weight excluding hydrogens is 390 g/mol. The molecule has 3 rings (SSSR count). The van der Waals surface area contributed by atoms with Gasteiger partial charge in [-0.25, -0.2) is 14.8 Å². The smallest absolute Gasteiger partial charge is 0.358 e. The Hall–Kier alpha value is -2.60. The average Bonchev–Trinajstić information content (AvgIpc) is 3.56. The summed E-state index contributed by atoms with van der Waals surface area (Å²) in [4.78, 5) is 23.3. The van der Waals surface area contributed by atoms with Gasteiger partial charge in [0, 0.05) is 24.1 Å². The van der Waals surface area contributed by atoms with E-state index >= 15 is 0 Å². The zero-order valence-electron chi connectivity index (χ0n) is 17.2. The maximum Gasteiger partial charge on any atom is 0.358 e. The van der Waals surface area contributed by atoms with E-state index in [1.165, 1.54) is 7.11 Å². The van der Waals surface area contributed by atoms with Crippen molar-refractivity contribution < 1.29 is 14.3 Å². The molecule has 1 aliphatic rings. The molecule has 0 radical (unpaired) electrons. The molecule has 0 saturated heterocycles. The van der Waals surface area contributed by atoms with Gasteiger partial charge in [0.15, 0.2) is 11.5 Å². The highest BCUT2D eigenvalue weighted by atomic mass is 35.5. The van der Waals surface area contributed by atoms with Gasteiger partial charge in [-0.1, -0.05) is 42.0 Å². The quantitative estimate of drug-likeness (QED) is 0.580. The third-order valence-electron chi connectivity index (χ3n) is 4.81. The van der Waals surface area contributed by atoms with E-state index in [9.17, 15) is 4.79 Å². The molecule has 2 aromatic rings. The molecule has 29 heavy (non-hydrogen) atoms. The minimum Gasteiger partial charge on any atom is -0.496 e. The number of aromatic nitrogens is 2. The summed E-state index contributed by atoms with van der Waals surface area (Å²) in [6.07, 6.45) is 6.09. The third kappa shape index (κ3) is 4.88. The van der Waals surface area contributed by atoms with E-state index in [-0.39, 0.29) is 22.7 Å². The number of hydrogen-bond acceptors (Lipinski definition) is 6. The summed E-state index contributed by atoms with van der Waals surface area (Å²) in [7, 11) is 2.98. The van der Waals surface area contributed by atoms with Gasteiger partial charge in [0.25, 0.3) is 0 Å². The lowest BCUT2D eigenvalue weighted by molar-refractivity contribution is 0.0593. The van der Waals surface area contributed by atoms with Crippen molar-refractivity contribution in [3.05, 3.63) is 52.4 Å². The first-order valence-electron chi connectivity index (χ1n) is 9.68. The Morgan fingerprint density at radius 3 is 2.62 bits per heavy atom. The number of ether oxygens (including phenoxy) is 2. The molecule has 1 saturated carbocycles. The lowest BCUT2D eigenvalue weighted by Gasteiger charge is -2.28. The van der Waals surface area contributed by atoms with Crippen molar-refractivity contribution in [3.63, 3.8) is 0 Å². The van der Waals surface area contributed by atoms with Gasteiger partial charge < -0.3 is 14.4 Å². The van der Waals surface area contributed by atoms with E-state index < -0.39 is 5.97 Å². The summed E-state index contributed by atoms with van der Waals surface area (Å²) < 4.78 is 10.3. The number of nitrogens with zero attached hydrogens (tertiary/aromatic N) is 3. The van der Waals surface area contributed by atoms with Crippen molar-refractivity contribution >= 4 is 29.5 Å². The molecule has 1 aromatic carbocycles. The number of methoxy groups -OCH3 is 2. The predicted molar refractivity (Wildman–Crippen MR) is 115 cm³/mol. The van der Waals surface area contributed by atoms with Crippen LogP contribution in [0.4, 0.5) is 5.82 Å². The minimum atomic E-state index is -0.547. The maximum atomic E-state index is 12.2. The minimum absolute atomic E-state index is 0.113. The molecule has 7 heteroatoms. The van der Waals surface area contributed by atoms with Gasteiger partial charge in [0.1, 0.15) is 16.6 Å². The van der Waals surface area contributed by atoms with Crippen molar-refractivity contribution in [1.29, 1.82) is 0 Å². The molecule has 154 valence electrons. The molecule has 0 bridgehead atoms. The monoisotopic (exact) mass is 415 g/mol. The van der Waals surface area contributed by atoms with Crippen molar-refractivity contribution in [2.45, 2.75) is 38.6 Å². The van der Waals surface area contributed by atoms with Gasteiger partial charge in [-0.2, -0.15) is 0 Å². The molecule has 6 nitrogen and oxygen atoms in total. The molecule has 0 spiro atoms. The van der Waals surface area contributed by atoms with Crippen molar-refractivity contribution in [3.8, 4) is 5.75 Å². The highest BCUT2D eigenvalue weighted by Crippen LogP contribution is 2.40. The second kappa shape index (κ2) is 9.27. The zero-order chi connectivity index (χ0) is 21.0. The lowest BCUT2D eigenvalue weighted by atomic mass is 10.2. The number of carbonyl (C=O) groups excluding carboxylic acids is 1. The summed E-state index contributed by atoms with van der Waals surface area (Å²) in [5.41, 5.74) is 1.11. The average molecular weight is 416 g/mol. The van der Waals surface area contributed by atoms with Crippen LogP contribution in [0.1, 0.15) is 54.5 Å². The van der Waals surface area contributed by atoms with Crippen LogP contribution in [-0.2, 0) is 4.74 Å². The van der Waals surface area contributed by atoms with Crippen LogP contribution in [0.3, 0.4) is 0 Å². The van der Waals surface area contributed by atoms with E-state index in [1.807, 2.05) is 41.3 Å². The van der Waals surface area contributed by atoms with Crippen LogP contribution >= 0.6 is 11.6 Å². The standard InChI is InChI=1S/C22H26ClN3O3/c1-14(2)26(13-7-9-15-8-5-6-10-17(15)28-3)21-18(23)19(22(27)29-4)24-20(25-21)16-11-12-16/h5-10,14,16H,11-13H2,1-4H3. The van der Waals surface area contributed by atoms with Gasteiger partial charge >= 0.3 is 5.97 Å². The highest BCUT2D eigenvalue weighted by molar-refractivity contribution is 6.35. The Kier molecular flexibility index (Phi) is 6.75. The molecular formula is C22H26ClN3O3. The van der Waals surface area contributed by atoms with Crippen molar-refractivity contribution in [2.24, 2.45) is 0 Å². The number of carbonyl (C=O) groups is 1. The van der Waals surface area contributed by atoms with Crippen LogP contribution in [-0.4, -0.2) is 42.7 Å². The fourth-order valence-corrected chi connectivity index (χ4v) is 3.31. The van der Waals surface area contributed by atoms with Crippen LogP contribution < -0.4 is 9.64 Å². The Bertz CT molecular complexity index is 910. The first-order chi connectivity index (χ1) is 14.0. The fraction of sp³-hybridized carbons (Fsp3) is 0.409.